The van der Waals surface area contributed by atoms with Gasteiger partial charge in [-0.05, 0) is 57.0 Å². The van der Waals surface area contributed by atoms with Crippen LogP contribution in [0.2, 0.25) is 0 Å². The van der Waals surface area contributed by atoms with E-state index in [1.807, 2.05) is 24.3 Å². The summed E-state index contributed by atoms with van der Waals surface area (Å²) >= 11 is 0. The molecule has 1 amide bonds. The van der Waals surface area contributed by atoms with E-state index in [2.05, 4.69) is 27.2 Å². The van der Waals surface area contributed by atoms with Gasteiger partial charge in [-0.1, -0.05) is 0 Å². The first-order chi connectivity index (χ1) is 12.7. The number of amides is 1. The third-order valence-electron chi connectivity index (χ3n) is 4.96. The third-order valence-corrected chi connectivity index (χ3v) is 4.96. The van der Waals surface area contributed by atoms with Crippen LogP contribution in [0.3, 0.4) is 0 Å². The molecule has 2 aliphatic rings. The lowest BCUT2D eigenvalue weighted by atomic mass is 10.1. The Morgan fingerprint density at radius 2 is 1.73 bits per heavy atom. The molecule has 4 rings (SSSR count). The van der Waals surface area contributed by atoms with Crippen LogP contribution in [0.4, 0.5) is 5.69 Å². The van der Waals surface area contributed by atoms with Crippen molar-refractivity contribution in [1.29, 1.82) is 0 Å². The predicted molar refractivity (Wildman–Crippen MR) is 99.5 cm³/mol. The number of anilines is 1. The van der Waals surface area contributed by atoms with Gasteiger partial charge in [0.15, 0.2) is 0 Å². The molecule has 0 bridgehead atoms. The quantitative estimate of drug-likeness (QED) is 0.896. The summed E-state index contributed by atoms with van der Waals surface area (Å²) in [5.41, 5.74) is 1.21. The molecular weight excluding hydrogens is 328 g/mol. The van der Waals surface area contributed by atoms with Gasteiger partial charge < -0.3 is 15.0 Å². The number of aromatic nitrogens is 2. The number of ether oxygens (including phenoxy) is 1. The zero-order valence-electron chi connectivity index (χ0n) is 15.0. The van der Waals surface area contributed by atoms with Crippen LogP contribution in [0.15, 0.2) is 36.7 Å². The topological polar surface area (TPSA) is 67.3 Å². The number of nitrogens with zero attached hydrogens (tertiary/aromatic N) is 3. The van der Waals surface area contributed by atoms with Crippen LogP contribution in [0.25, 0.3) is 0 Å². The SMILES string of the molecule is CN1CCC(Oc2ccc(NC(=O)c3cnc(C4CC4)nc3)cc2)CC1. The van der Waals surface area contributed by atoms with Crippen LogP contribution in [0, 0.1) is 0 Å². The molecule has 0 radical (unpaired) electrons. The first-order valence-corrected chi connectivity index (χ1v) is 9.26. The summed E-state index contributed by atoms with van der Waals surface area (Å²) in [6, 6.07) is 7.53. The summed E-state index contributed by atoms with van der Waals surface area (Å²) in [6.45, 7) is 2.14. The molecule has 2 aromatic rings. The monoisotopic (exact) mass is 352 g/mol. The van der Waals surface area contributed by atoms with Crippen molar-refractivity contribution in [1.82, 2.24) is 14.9 Å². The fourth-order valence-electron chi connectivity index (χ4n) is 3.12. The molecular formula is C20H24N4O2. The zero-order chi connectivity index (χ0) is 17.9. The minimum absolute atomic E-state index is 0.198. The molecule has 26 heavy (non-hydrogen) atoms. The second-order valence-electron chi connectivity index (χ2n) is 7.20. The Labute approximate surface area is 153 Å². The maximum absolute atomic E-state index is 12.3. The molecule has 6 nitrogen and oxygen atoms in total. The van der Waals surface area contributed by atoms with E-state index in [1.165, 1.54) is 0 Å². The molecule has 1 aliphatic carbocycles. The fraction of sp³-hybridized carbons (Fsp3) is 0.450. The third kappa shape index (κ3) is 4.19. The van der Waals surface area contributed by atoms with Crippen molar-refractivity contribution in [2.24, 2.45) is 0 Å². The number of carbonyl (C=O) groups is 1. The number of rotatable bonds is 5. The Morgan fingerprint density at radius 3 is 2.35 bits per heavy atom. The van der Waals surface area contributed by atoms with E-state index < -0.39 is 0 Å². The molecule has 1 aromatic heterocycles. The van der Waals surface area contributed by atoms with E-state index in [0.29, 0.717) is 11.5 Å². The van der Waals surface area contributed by atoms with Gasteiger partial charge in [0.1, 0.15) is 17.7 Å². The van der Waals surface area contributed by atoms with Crippen LogP contribution in [0.1, 0.15) is 47.8 Å². The summed E-state index contributed by atoms with van der Waals surface area (Å²) in [5, 5.41) is 2.88. The predicted octanol–water partition coefficient (Wildman–Crippen LogP) is 3.08. The van der Waals surface area contributed by atoms with Gasteiger partial charge in [0.25, 0.3) is 5.91 Å². The van der Waals surface area contributed by atoms with Crippen molar-refractivity contribution in [3.63, 3.8) is 0 Å². The average molecular weight is 352 g/mol. The van der Waals surface area contributed by atoms with Gasteiger partial charge in [-0.25, -0.2) is 9.97 Å². The number of hydrogen-bond donors (Lipinski definition) is 1. The minimum atomic E-state index is -0.198. The average Bonchev–Trinajstić information content (AvgIpc) is 3.51. The summed E-state index contributed by atoms with van der Waals surface area (Å²) in [4.78, 5) is 23.2. The number of carbonyl (C=O) groups excluding carboxylic acids is 1. The lowest BCUT2D eigenvalue weighted by molar-refractivity contribution is 0.102. The number of likely N-dealkylation sites (tertiary alicyclic amines) is 1. The summed E-state index contributed by atoms with van der Waals surface area (Å²) in [5.74, 6) is 1.98. The van der Waals surface area contributed by atoms with Crippen molar-refractivity contribution in [2.75, 3.05) is 25.5 Å². The lowest BCUT2D eigenvalue weighted by Crippen LogP contribution is -2.35. The normalized spacial score (nSPS) is 18.5. The van der Waals surface area contributed by atoms with Crippen molar-refractivity contribution >= 4 is 11.6 Å². The Kier molecular flexibility index (Phi) is 4.84. The van der Waals surface area contributed by atoms with Gasteiger partial charge in [0.2, 0.25) is 0 Å². The van der Waals surface area contributed by atoms with Crippen LogP contribution < -0.4 is 10.1 Å². The molecule has 136 valence electrons. The Balaban J connectivity index is 1.32. The minimum Gasteiger partial charge on any atom is -0.490 e. The molecule has 1 aliphatic heterocycles. The highest BCUT2D eigenvalue weighted by Crippen LogP contribution is 2.37. The summed E-state index contributed by atoms with van der Waals surface area (Å²) in [6.07, 6.45) is 7.88. The van der Waals surface area contributed by atoms with Crippen molar-refractivity contribution in [3.05, 3.63) is 48.0 Å². The largest absolute Gasteiger partial charge is 0.490 e. The number of piperidine rings is 1. The molecule has 2 fully saturated rings. The smallest absolute Gasteiger partial charge is 0.258 e. The van der Waals surface area contributed by atoms with Gasteiger partial charge in [0.05, 0.1) is 5.56 Å². The van der Waals surface area contributed by atoms with Crippen molar-refractivity contribution in [3.8, 4) is 5.75 Å². The molecule has 2 heterocycles. The van der Waals surface area contributed by atoms with E-state index in [1.54, 1.807) is 12.4 Å². The van der Waals surface area contributed by atoms with Crippen molar-refractivity contribution in [2.45, 2.75) is 37.7 Å². The maximum Gasteiger partial charge on any atom is 0.258 e. The Bertz CT molecular complexity index is 748. The lowest BCUT2D eigenvalue weighted by Gasteiger charge is -2.29. The van der Waals surface area contributed by atoms with Crippen molar-refractivity contribution < 1.29 is 9.53 Å². The van der Waals surface area contributed by atoms with Gasteiger partial charge in [-0.15, -0.1) is 0 Å². The van der Waals surface area contributed by atoms with Gasteiger partial charge in [-0.3, -0.25) is 4.79 Å². The fourth-order valence-corrected chi connectivity index (χ4v) is 3.12. The van der Waals surface area contributed by atoms with E-state index in [4.69, 9.17) is 4.74 Å². The van der Waals surface area contributed by atoms with Crippen LogP contribution in [-0.4, -0.2) is 47.0 Å². The molecule has 1 saturated heterocycles. The molecule has 1 aromatic carbocycles. The van der Waals surface area contributed by atoms with Gasteiger partial charge >= 0.3 is 0 Å². The van der Waals surface area contributed by atoms with Gasteiger partial charge in [-0.2, -0.15) is 0 Å². The van der Waals surface area contributed by atoms with Crippen LogP contribution in [-0.2, 0) is 0 Å². The number of nitrogens with one attached hydrogen (secondary N) is 1. The molecule has 0 atom stereocenters. The molecule has 1 saturated carbocycles. The molecule has 6 heteroatoms. The standard InChI is InChI=1S/C20H24N4O2/c1-24-10-8-18(9-11-24)26-17-6-4-16(5-7-17)23-20(25)15-12-21-19(22-13-15)14-2-3-14/h4-7,12-14,18H,2-3,8-11H2,1H3,(H,23,25). The Morgan fingerprint density at radius 1 is 1.08 bits per heavy atom. The molecule has 1 N–H and O–H groups in total. The van der Waals surface area contributed by atoms with Gasteiger partial charge in [0, 0.05) is 37.1 Å². The molecule has 0 unspecified atom stereocenters. The second kappa shape index (κ2) is 7.41. The van der Waals surface area contributed by atoms with E-state index in [0.717, 1.165) is 56.0 Å². The molecule has 0 spiro atoms. The summed E-state index contributed by atoms with van der Waals surface area (Å²) < 4.78 is 6.03. The maximum atomic E-state index is 12.3. The van der Waals surface area contributed by atoms with Crippen LogP contribution in [0.5, 0.6) is 5.75 Å². The second-order valence-corrected chi connectivity index (χ2v) is 7.20. The first kappa shape index (κ1) is 17.0. The highest BCUT2D eigenvalue weighted by molar-refractivity contribution is 6.03. The van der Waals surface area contributed by atoms with E-state index >= 15 is 0 Å². The van der Waals surface area contributed by atoms with Crippen LogP contribution >= 0.6 is 0 Å². The Hall–Kier alpha value is -2.47. The highest BCUT2D eigenvalue weighted by atomic mass is 16.5. The number of hydrogen-bond acceptors (Lipinski definition) is 5. The van der Waals surface area contributed by atoms with E-state index in [9.17, 15) is 4.79 Å². The number of benzene rings is 1. The summed E-state index contributed by atoms with van der Waals surface area (Å²) in [7, 11) is 2.14. The highest BCUT2D eigenvalue weighted by Gasteiger charge is 2.26. The van der Waals surface area contributed by atoms with E-state index in [-0.39, 0.29) is 12.0 Å². The first-order valence-electron chi connectivity index (χ1n) is 9.26. The zero-order valence-corrected chi connectivity index (χ0v) is 15.0.